The highest BCUT2D eigenvalue weighted by molar-refractivity contribution is 7.99. The molecule has 0 atom stereocenters. The van der Waals surface area contributed by atoms with Gasteiger partial charge in [0.1, 0.15) is 0 Å². The Hall–Kier alpha value is -0.660. The van der Waals surface area contributed by atoms with Gasteiger partial charge in [-0.2, -0.15) is 11.8 Å². The third-order valence-electron chi connectivity index (χ3n) is 2.39. The van der Waals surface area contributed by atoms with Crippen molar-refractivity contribution in [3.63, 3.8) is 0 Å². The minimum Gasteiger partial charge on any atom is -0.345 e. The van der Waals surface area contributed by atoms with Crippen LogP contribution in [0.3, 0.4) is 0 Å². The number of amides is 1. The van der Waals surface area contributed by atoms with Crippen molar-refractivity contribution in [1.29, 1.82) is 0 Å². The summed E-state index contributed by atoms with van der Waals surface area (Å²) in [6.07, 6.45) is 8.00. The van der Waals surface area contributed by atoms with E-state index in [2.05, 4.69) is 16.6 Å². The zero-order valence-electron chi connectivity index (χ0n) is 8.92. The second kappa shape index (κ2) is 7.61. The Kier molecular flexibility index (Phi) is 6.29. The Bertz CT molecular complexity index is 231. The molecular weight excluding hydrogens is 208 g/mol. The highest BCUT2D eigenvalue weighted by Crippen LogP contribution is 2.16. The van der Waals surface area contributed by atoms with Crippen LogP contribution in [0.15, 0.2) is 0 Å². The van der Waals surface area contributed by atoms with Crippen molar-refractivity contribution in [1.82, 2.24) is 10.6 Å². The average Bonchev–Trinajstić information content (AvgIpc) is 2.28. The molecule has 4 heteroatoms. The first-order valence-corrected chi connectivity index (χ1v) is 6.49. The number of hydrogen-bond donors (Lipinski definition) is 2. The fourth-order valence-electron chi connectivity index (χ4n) is 1.53. The van der Waals surface area contributed by atoms with Gasteiger partial charge in [0.15, 0.2) is 0 Å². The molecule has 1 aliphatic heterocycles. The van der Waals surface area contributed by atoms with Crippen molar-refractivity contribution in [2.24, 2.45) is 0 Å². The number of nitrogens with one attached hydrogen (secondary N) is 2. The molecule has 15 heavy (non-hydrogen) atoms. The van der Waals surface area contributed by atoms with Gasteiger partial charge in [0.2, 0.25) is 5.91 Å². The molecule has 1 heterocycles. The Morgan fingerprint density at radius 3 is 2.87 bits per heavy atom. The van der Waals surface area contributed by atoms with Crippen LogP contribution in [0, 0.1) is 12.3 Å². The molecule has 1 saturated heterocycles. The maximum Gasteiger partial charge on any atom is 0.222 e. The fraction of sp³-hybridized carbons (Fsp3) is 0.727. The molecule has 1 fully saturated rings. The SMILES string of the molecule is C#CCNC(=O)CCNC1CCSCC1. The van der Waals surface area contributed by atoms with E-state index in [1.54, 1.807) is 0 Å². The lowest BCUT2D eigenvalue weighted by molar-refractivity contribution is -0.120. The lowest BCUT2D eigenvalue weighted by Gasteiger charge is -2.22. The maximum absolute atomic E-state index is 11.2. The molecule has 0 spiro atoms. The van der Waals surface area contributed by atoms with E-state index >= 15 is 0 Å². The Morgan fingerprint density at radius 1 is 1.47 bits per heavy atom. The first-order valence-electron chi connectivity index (χ1n) is 5.34. The van der Waals surface area contributed by atoms with Crippen molar-refractivity contribution in [3.05, 3.63) is 0 Å². The van der Waals surface area contributed by atoms with Crippen molar-refractivity contribution < 1.29 is 4.79 Å². The van der Waals surface area contributed by atoms with Crippen molar-refractivity contribution in [2.75, 3.05) is 24.6 Å². The summed E-state index contributed by atoms with van der Waals surface area (Å²) in [6.45, 7) is 1.09. The quantitative estimate of drug-likeness (QED) is 0.675. The predicted molar refractivity (Wildman–Crippen MR) is 64.8 cm³/mol. The summed E-state index contributed by atoms with van der Waals surface area (Å²) in [4.78, 5) is 11.2. The first-order chi connectivity index (χ1) is 7.33. The topological polar surface area (TPSA) is 41.1 Å². The summed E-state index contributed by atoms with van der Waals surface area (Å²) in [5.41, 5.74) is 0. The summed E-state index contributed by atoms with van der Waals surface area (Å²) in [5.74, 6) is 4.89. The third-order valence-corrected chi connectivity index (χ3v) is 3.44. The fourth-order valence-corrected chi connectivity index (χ4v) is 2.64. The van der Waals surface area contributed by atoms with Crippen LogP contribution in [-0.2, 0) is 4.79 Å². The van der Waals surface area contributed by atoms with E-state index in [1.165, 1.54) is 24.3 Å². The molecule has 1 aliphatic rings. The molecular formula is C11H18N2OS. The number of thioether (sulfide) groups is 1. The van der Waals surface area contributed by atoms with Crippen molar-refractivity contribution in [2.45, 2.75) is 25.3 Å². The Labute approximate surface area is 95.8 Å². The molecule has 1 rings (SSSR count). The normalized spacial score (nSPS) is 17.0. The molecule has 84 valence electrons. The van der Waals surface area contributed by atoms with Gasteiger partial charge in [0, 0.05) is 19.0 Å². The predicted octanol–water partition coefficient (Wildman–Crippen LogP) is 0.611. The van der Waals surface area contributed by atoms with Crippen LogP contribution in [-0.4, -0.2) is 36.5 Å². The van der Waals surface area contributed by atoms with Crippen LogP contribution in [0.25, 0.3) is 0 Å². The van der Waals surface area contributed by atoms with E-state index < -0.39 is 0 Å². The second-order valence-electron chi connectivity index (χ2n) is 3.57. The zero-order valence-corrected chi connectivity index (χ0v) is 9.74. The van der Waals surface area contributed by atoms with Gasteiger partial charge in [-0.05, 0) is 24.3 Å². The minimum atomic E-state index is 0.0330. The molecule has 0 bridgehead atoms. The van der Waals surface area contributed by atoms with Gasteiger partial charge in [-0.1, -0.05) is 5.92 Å². The number of carbonyl (C=O) groups is 1. The standard InChI is InChI=1S/C11H18N2OS/c1-2-6-13-11(14)3-7-12-10-4-8-15-9-5-10/h1,10,12H,3-9H2,(H,13,14). The van der Waals surface area contributed by atoms with Gasteiger partial charge < -0.3 is 10.6 Å². The smallest absolute Gasteiger partial charge is 0.222 e. The molecule has 0 radical (unpaired) electrons. The van der Waals surface area contributed by atoms with E-state index in [1.807, 2.05) is 11.8 Å². The lowest BCUT2D eigenvalue weighted by Crippen LogP contribution is -2.35. The Balaban J connectivity index is 2.00. The number of rotatable bonds is 5. The van der Waals surface area contributed by atoms with E-state index in [-0.39, 0.29) is 5.91 Å². The first kappa shape index (κ1) is 12.4. The van der Waals surface area contributed by atoms with Crippen LogP contribution in [0.4, 0.5) is 0 Å². The molecule has 0 aromatic heterocycles. The number of hydrogen-bond acceptors (Lipinski definition) is 3. The minimum absolute atomic E-state index is 0.0330. The van der Waals surface area contributed by atoms with Crippen LogP contribution in [0.5, 0.6) is 0 Å². The van der Waals surface area contributed by atoms with Crippen LogP contribution in [0.2, 0.25) is 0 Å². The lowest BCUT2D eigenvalue weighted by atomic mass is 10.1. The molecule has 0 aromatic rings. The summed E-state index contributed by atoms with van der Waals surface area (Å²) < 4.78 is 0. The number of carbonyl (C=O) groups excluding carboxylic acids is 1. The zero-order chi connectivity index (χ0) is 10.9. The summed E-state index contributed by atoms with van der Waals surface area (Å²) in [5, 5.41) is 6.05. The molecule has 3 nitrogen and oxygen atoms in total. The maximum atomic E-state index is 11.2. The molecule has 0 aromatic carbocycles. The molecule has 0 saturated carbocycles. The van der Waals surface area contributed by atoms with Crippen molar-refractivity contribution in [3.8, 4) is 12.3 Å². The molecule has 0 aliphatic carbocycles. The summed E-state index contributed by atoms with van der Waals surface area (Å²) in [7, 11) is 0. The average molecular weight is 226 g/mol. The van der Waals surface area contributed by atoms with E-state index in [4.69, 9.17) is 6.42 Å². The third kappa shape index (κ3) is 5.71. The monoisotopic (exact) mass is 226 g/mol. The largest absolute Gasteiger partial charge is 0.345 e. The van der Waals surface area contributed by atoms with Gasteiger partial charge in [-0.3, -0.25) is 4.79 Å². The molecule has 2 N–H and O–H groups in total. The highest BCUT2D eigenvalue weighted by Gasteiger charge is 2.12. The number of terminal acetylenes is 1. The summed E-state index contributed by atoms with van der Waals surface area (Å²) >= 11 is 2.01. The summed E-state index contributed by atoms with van der Waals surface area (Å²) in [6, 6.07) is 0.603. The van der Waals surface area contributed by atoms with Crippen LogP contribution < -0.4 is 10.6 Å². The van der Waals surface area contributed by atoms with E-state index in [9.17, 15) is 4.79 Å². The van der Waals surface area contributed by atoms with Gasteiger partial charge in [-0.15, -0.1) is 6.42 Å². The van der Waals surface area contributed by atoms with E-state index in [0.717, 1.165) is 6.54 Å². The van der Waals surface area contributed by atoms with Gasteiger partial charge >= 0.3 is 0 Å². The van der Waals surface area contributed by atoms with Gasteiger partial charge in [0.05, 0.1) is 6.54 Å². The molecule has 0 unspecified atom stereocenters. The molecule has 1 amide bonds. The van der Waals surface area contributed by atoms with Crippen LogP contribution >= 0.6 is 11.8 Å². The second-order valence-corrected chi connectivity index (χ2v) is 4.80. The Morgan fingerprint density at radius 2 is 2.20 bits per heavy atom. The van der Waals surface area contributed by atoms with Gasteiger partial charge in [0.25, 0.3) is 0 Å². The van der Waals surface area contributed by atoms with Crippen LogP contribution in [0.1, 0.15) is 19.3 Å². The van der Waals surface area contributed by atoms with E-state index in [0.29, 0.717) is 19.0 Å². The van der Waals surface area contributed by atoms with Crippen molar-refractivity contribution >= 4 is 17.7 Å². The highest BCUT2D eigenvalue weighted by atomic mass is 32.2. The van der Waals surface area contributed by atoms with Gasteiger partial charge in [-0.25, -0.2) is 0 Å².